The number of amides is 2. The summed E-state index contributed by atoms with van der Waals surface area (Å²) in [4.78, 5) is 40.5. The highest BCUT2D eigenvalue weighted by molar-refractivity contribution is 7.99. The molecule has 10 heteroatoms. The van der Waals surface area contributed by atoms with Crippen molar-refractivity contribution in [2.75, 3.05) is 25.2 Å². The first-order valence-corrected chi connectivity index (χ1v) is 15.1. The Morgan fingerprint density at radius 3 is 2.43 bits per heavy atom. The van der Waals surface area contributed by atoms with Gasteiger partial charge in [0.15, 0.2) is 0 Å². The summed E-state index contributed by atoms with van der Waals surface area (Å²) >= 11 is 1.64. The predicted molar refractivity (Wildman–Crippen MR) is 140 cm³/mol. The highest BCUT2D eigenvalue weighted by Crippen LogP contribution is 2.64. The summed E-state index contributed by atoms with van der Waals surface area (Å²) in [6, 6.07) is 8.58. The summed E-state index contributed by atoms with van der Waals surface area (Å²) < 4.78 is 36.8. The zero-order valence-corrected chi connectivity index (χ0v) is 22.9. The summed E-state index contributed by atoms with van der Waals surface area (Å²) in [5, 5.41) is 1.62. The van der Waals surface area contributed by atoms with Crippen molar-refractivity contribution in [2.24, 2.45) is 16.7 Å². The molecule has 2 saturated carbocycles. The summed E-state index contributed by atoms with van der Waals surface area (Å²) in [5.74, 6) is -1.30. The van der Waals surface area contributed by atoms with Crippen molar-refractivity contribution in [1.29, 1.82) is 0 Å². The smallest absolute Gasteiger partial charge is 0.289 e. The minimum absolute atomic E-state index is 0.0837. The first kappa shape index (κ1) is 26.3. The summed E-state index contributed by atoms with van der Waals surface area (Å²) in [6.07, 6.45) is 3.49. The van der Waals surface area contributed by atoms with Crippen LogP contribution in [0.4, 0.5) is 0 Å². The minimum Gasteiger partial charge on any atom is -0.385 e. The maximum atomic E-state index is 13.3. The van der Waals surface area contributed by atoms with Crippen LogP contribution in [-0.2, 0) is 23.9 Å². The molecule has 1 aliphatic heterocycles. The number of ether oxygens (including phenoxy) is 1. The predicted octanol–water partition coefficient (Wildman–Crippen LogP) is 4.61. The van der Waals surface area contributed by atoms with E-state index in [9.17, 15) is 22.8 Å². The van der Waals surface area contributed by atoms with Crippen LogP contribution in [0, 0.1) is 16.7 Å². The molecule has 37 heavy (non-hydrogen) atoms. The molecule has 1 heterocycles. The van der Waals surface area contributed by atoms with Gasteiger partial charge in [-0.25, -0.2) is 0 Å². The van der Waals surface area contributed by atoms with Crippen LogP contribution in [-0.4, -0.2) is 56.3 Å². The first-order valence-electron chi connectivity index (χ1n) is 12.5. The van der Waals surface area contributed by atoms with Crippen LogP contribution in [0.25, 0.3) is 10.8 Å². The second-order valence-electron chi connectivity index (χ2n) is 10.7. The fourth-order valence-corrected chi connectivity index (χ4v) is 9.08. The lowest BCUT2D eigenvalue weighted by atomic mass is 9.70. The van der Waals surface area contributed by atoms with E-state index in [1.807, 2.05) is 26.0 Å². The fraction of sp³-hybridized carbons (Fsp3) is 0.519. The van der Waals surface area contributed by atoms with E-state index in [1.165, 1.54) is 0 Å². The quantitative estimate of drug-likeness (QED) is 0.242. The number of nitrogens with zero attached hydrogens (tertiary/aromatic N) is 1. The summed E-state index contributed by atoms with van der Waals surface area (Å²) in [6.45, 7) is 4.54. The average molecular weight is 546 g/mol. The standard InChI is InChI=1S/C27H31NO7S2/c1-26(2)17-11-12-27(26,22(29)15-17)16-37(32,33)35-28-24(30)19-8-6-7-18-21(36-14-5-4-13-34-3)10-9-20(23(18)19)25(28)31/h6-10,17H,4-5,11-16H2,1-3H3. The van der Waals surface area contributed by atoms with Crippen molar-refractivity contribution in [3.05, 3.63) is 41.5 Å². The highest BCUT2D eigenvalue weighted by atomic mass is 32.2. The Bertz CT molecular complexity index is 1380. The molecule has 0 spiro atoms. The van der Waals surface area contributed by atoms with Crippen LogP contribution in [0.15, 0.2) is 35.2 Å². The molecule has 2 aromatic carbocycles. The molecule has 2 amide bonds. The van der Waals surface area contributed by atoms with Crippen molar-refractivity contribution in [3.8, 4) is 0 Å². The lowest BCUT2D eigenvalue weighted by molar-refractivity contribution is -0.128. The lowest BCUT2D eigenvalue weighted by Crippen LogP contribution is -2.46. The van der Waals surface area contributed by atoms with Gasteiger partial charge in [0.1, 0.15) is 5.78 Å². The Balaban J connectivity index is 1.41. The lowest BCUT2D eigenvalue weighted by Gasteiger charge is -2.36. The maximum absolute atomic E-state index is 13.3. The molecule has 2 atom stereocenters. The third-order valence-corrected chi connectivity index (χ3v) is 11.0. The van der Waals surface area contributed by atoms with Crippen molar-refractivity contribution in [3.63, 3.8) is 0 Å². The highest BCUT2D eigenvalue weighted by Gasteiger charge is 2.65. The van der Waals surface area contributed by atoms with E-state index in [2.05, 4.69) is 0 Å². The molecule has 3 aliphatic rings. The number of methoxy groups -OCH3 is 1. The maximum Gasteiger partial charge on any atom is 0.289 e. The number of imide groups is 1. The van der Waals surface area contributed by atoms with Gasteiger partial charge >= 0.3 is 0 Å². The number of benzene rings is 2. The molecular formula is C27H31NO7S2. The van der Waals surface area contributed by atoms with E-state index in [1.54, 1.807) is 37.1 Å². The van der Waals surface area contributed by atoms with Crippen LogP contribution in [0.5, 0.6) is 0 Å². The number of Topliss-reactive ketones (excluding diaryl/α,β-unsaturated/α-hetero) is 1. The second-order valence-corrected chi connectivity index (χ2v) is 13.4. The van der Waals surface area contributed by atoms with Crippen molar-refractivity contribution >= 4 is 50.3 Å². The number of thioether (sulfide) groups is 1. The van der Waals surface area contributed by atoms with Gasteiger partial charge in [-0.2, -0.15) is 8.42 Å². The average Bonchev–Trinajstić information content (AvgIpc) is 3.19. The van der Waals surface area contributed by atoms with Gasteiger partial charge in [-0.15, -0.1) is 21.1 Å². The topological polar surface area (TPSA) is 107 Å². The Morgan fingerprint density at radius 1 is 1.05 bits per heavy atom. The molecule has 8 nitrogen and oxygen atoms in total. The van der Waals surface area contributed by atoms with Gasteiger partial charge in [0.25, 0.3) is 21.9 Å². The largest absolute Gasteiger partial charge is 0.385 e. The van der Waals surface area contributed by atoms with Gasteiger partial charge in [-0.1, -0.05) is 26.0 Å². The van der Waals surface area contributed by atoms with E-state index in [0.717, 1.165) is 35.3 Å². The molecule has 5 rings (SSSR count). The number of fused-ring (bicyclic) bond motifs is 2. The van der Waals surface area contributed by atoms with Crippen molar-refractivity contribution in [1.82, 2.24) is 5.06 Å². The van der Waals surface area contributed by atoms with E-state index in [-0.39, 0.29) is 22.8 Å². The Hall–Kier alpha value is -2.27. The number of hydroxylamine groups is 2. The fourth-order valence-electron chi connectivity index (χ4n) is 6.32. The normalized spacial score (nSPS) is 24.5. The molecule has 2 aliphatic carbocycles. The van der Waals surface area contributed by atoms with E-state index >= 15 is 0 Å². The van der Waals surface area contributed by atoms with Crippen LogP contribution < -0.4 is 0 Å². The summed E-state index contributed by atoms with van der Waals surface area (Å²) in [7, 11) is -2.76. The number of unbranched alkanes of at least 4 members (excludes halogenated alkanes) is 1. The van der Waals surface area contributed by atoms with Gasteiger partial charge in [0.2, 0.25) is 0 Å². The first-order chi connectivity index (χ1) is 17.5. The van der Waals surface area contributed by atoms with Crippen LogP contribution in [0.2, 0.25) is 0 Å². The number of hydrogen-bond donors (Lipinski definition) is 0. The third kappa shape index (κ3) is 4.22. The Labute approximate surface area is 221 Å². The van der Waals surface area contributed by atoms with Gasteiger partial charge in [0, 0.05) is 30.4 Å². The number of hydrogen-bond acceptors (Lipinski definition) is 8. The van der Waals surface area contributed by atoms with E-state index < -0.39 is 38.5 Å². The zero-order valence-electron chi connectivity index (χ0n) is 21.2. The van der Waals surface area contributed by atoms with Crippen molar-refractivity contribution < 1.29 is 31.8 Å². The van der Waals surface area contributed by atoms with Crippen molar-refractivity contribution in [2.45, 2.75) is 50.8 Å². The van der Waals surface area contributed by atoms with Crippen LogP contribution in [0.3, 0.4) is 0 Å². The third-order valence-electron chi connectivity index (χ3n) is 8.58. The van der Waals surface area contributed by atoms with Gasteiger partial charge in [0.05, 0.1) is 22.3 Å². The molecule has 2 fully saturated rings. The molecule has 2 unspecified atom stereocenters. The van der Waals surface area contributed by atoms with E-state index in [4.69, 9.17) is 9.02 Å². The second kappa shape index (κ2) is 9.48. The Kier molecular flexibility index (Phi) is 6.75. The van der Waals surface area contributed by atoms with Crippen LogP contribution in [0.1, 0.15) is 66.7 Å². The monoisotopic (exact) mass is 545 g/mol. The zero-order chi connectivity index (χ0) is 26.6. The van der Waals surface area contributed by atoms with Gasteiger partial charge in [-0.05, 0) is 66.4 Å². The number of carbonyl (C=O) groups is 3. The Morgan fingerprint density at radius 2 is 1.78 bits per heavy atom. The molecule has 0 saturated heterocycles. The minimum atomic E-state index is -4.43. The molecule has 0 radical (unpaired) electrons. The summed E-state index contributed by atoms with van der Waals surface area (Å²) in [5.41, 5.74) is -1.14. The van der Waals surface area contributed by atoms with Gasteiger partial charge in [-0.3, -0.25) is 14.4 Å². The number of rotatable bonds is 10. The number of carbonyl (C=O) groups excluding carboxylic acids is 3. The molecule has 2 aromatic rings. The molecule has 0 N–H and O–H groups in total. The van der Waals surface area contributed by atoms with E-state index in [0.29, 0.717) is 29.9 Å². The van der Waals surface area contributed by atoms with Crippen LogP contribution >= 0.6 is 11.8 Å². The molecule has 2 bridgehead atoms. The molecule has 0 aromatic heterocycles. The molecular weight excluding hydrogens is 514 g/mol. The number of ketones is 1. The molecule has 198 valence electrons. The van der Waals surface area contributed by atoms with Gasteiger partial charge < -0.3 is 4.74 Å². The SMILES string of the molecule is COCCCCSc1ccc2c3c(cccc13)C(=O)N(OS(=O)(=O)CC13CCC(CC1=O)C3(C)C)C2=O.